The van der Waals surface area contributed by atoms with E-state index in [9.17, 15) is 9.90 Å². The normalized spacial score (nSPS) is 20.4. The summed E-state index contributed by atoms with van der Waals surface area (Å²) in [5.41, 5.74) is 7.68. The lowest BCUT2D eigenvalue weighted by molar-refractivity contribution is -0.144. The Balaban J connectivity index is 2.22. The number of hydrogen-bond donors (Lipinski definition) is 2. The summed E-state index contributed by atoms with van der Waals surface area (Å²) in [7, 11) is 0. The van der Waals surface area contributed by atoms with Gasteiger partial charge in [-0.25, -0.2) is 0 Å². The number of halogens is 2. The van der Waals surface area contributed by atoms with Crippen LogP contribution in [0.15, 0.2) is 21.1 Å². The summed E-state index contributed by atoms with van der Waals surface area (Å²) in [6.45, 7) is 1.38. The second-order valence-electron chi connectivity index (χ2n) is 4.78. The van der Waals surface area contributed by atoms with E-state index in [2.05, 4.69) is 31.9 Å². The number of aliphatic carboxylic acids is 1. The van der Waals surface area contributed by atoms with Crippen molar-refractivity contribution in [1.82, 2.24) is 4.90 Å². The summed E-state index contributed by atoms with van der Waals surface area (Å²) in [6.07, 6.45) is 2.73. The molecule has 0 aromatic heterocycles. The maximum Gasteiger partial charge on any atom is 0.320 e. The van der Waals surface area contributed by atoms with Crippen LogP contribution in [0.5, 0.6) is 0 Å². The monoisotopic (exact) mass is 390 g/mol. The molecule has 19 heavy (non-hydrogen) atoms. The summed E-state index contributed by atoms with van der Waals surface area (Å²) in [6, 6.07) is 3.45. The molecule has 1 saturated heterocycles. The molecule has 1 fully saturated rings. The van der Waals surface area contributed by atoms with Gasteiger partial charge in [-0.05, 0) is 53.0 Å². The summed E-state index contributed by atoms with van der Waals surface area (Å²) in [5.74, 6) is -0.743. The first-order valence-electron chi connectivity index (χ1n) is 6.19. The molecule has 0 amide bonds. The Morgan fingerprint density at radius 3 is 2.84 bits per heavy atom. The largest absolute Gasteiger partial charge is 0.480 e. The number of piperidine rings is 1. The number of carboxylic acids is 1. The highest BCUT2D eigenvalue weighted by Crippen LogP contribution is 2.30. The Kier molecular flexibility index (Phi) is 4.86. The molecule has 3 N–H and O–H groups in total. The highest BCUT2D eigenvalue weighted by molar-refractivity contribution is 9.11. The highest BCUT2D eigenvalue weighted by Gasteiger charge is 2.28. The standard InChI is InChI=1S/C13H16Br2N2O2/c14-9-5-8(12(16)10(15)6-9)7-17-4-2-1-3-11(17)13(18)19/h5-6,11H,1-4,7,16H2,(H,18,19). The van der Waals surface area contributed by atoms with E-state index in [1.54, 1.807) is 0 Å². The molecule has 1 aromatic carbocycles. The summed E-state index contributed by atoms with van der Waals surface area (Å²) in [4.78, 5) is 13.3. The van der Waals surface area contributed by atoms with Crippen molar-refractivity contribution >= 4 is 43.5 Å². The van der Waals surface area contributed by atoms with Gasteiger partial charge in [0.05, 0.1) is 5.69 Å². The number of anilines is 1. The van der Waals surface area contributed by atoms with Gasteiger partial charge in [0.1, 0.15) is 6.04 Å². The molecule has 0 saturated carbocycles. The number of likely N-dealkylation sites (tertiary alicyclic amines) is 1. The molecule has 1 aliphatic heterocycles. The number of rotatable bonds is 3. The fourth-order valence-corrected chi connectivity index (χ4v) is 3.76. The van der Waals surface area contributed by atoms with E-state index >= 15 is 0 Å². The molecule has 0 spiro atoms. The van der Waals surface area contributed by atoms with Crippen LogP contribution < -0.4 is 5.73 Å². The van der Waals surface area contributed by atoms with Crippen LogP contribution in [0.4, 0.5) is 5.69 Å². The fourth-order valence-electron chi connectivity index (χ4n) is 2.45. The van der Waals surface area contributed by atoms with Gasteiger partial charge in [0.25, 0.3) is 0 Å². The van der Waals surface area contributed by atoms with Crippen LogP contribution in [-0.4, -0.2) is 28.6 Å². The lowest BCUT2D eigenvalue weighted by Gasteiger charge is -2.33. The minimum Gasteiger partial charge on any atom is -0.480 e. The zero-order chi connectivity index (χ0) is 14.0. The van der Waals surface area contributed by atoms with Crippen molar-refractivity contribution in [2.45, 2.75) is 31.8 Å². The summed E-state index contributed by atoms with van der Waals surface area (Å²) < 4.78 is 1.77. The van der Waals surface area contributed by atoms with Crippen LogP contribution in [0.3, 0.4) is 0 Å². The lowest BCUT2D eigenvalue weighted by Crippen LogP contribution is -2.44. The minimum atomic E-state index is -0.743. The van der Waals surface area contributed by atoms with Crippen molar-refractivity contribution in [2.24, 2.45) is 0 Å². The molecule has 1 unspecified atom stereocenters. The molecule has 104 valence electrons. The molecular weight excluding hydrogens is 376 g/mol. The fraction of sp³-hybridized carbons (Fsp3) is 0.462. The van der Waals surface area contributed by atoms with Crippen LogP contribution >= 0.6 is 31.9 Å². The number of nitrogens with two attached hydrogens (primary N) is 1. The maximum atomic E-state index is 11.3. The average Bonchev–Trinajstić information content (AvgIpc) is 2.35. The van der Waals surface area contributed by atoms with E-state index in [0.717, 1.165) is 33.9 Å². The first kappa shape index (κ1) is 14.8. The lowest BCUT2D eigenvalue weighted by atomic mass is 10.0. The van der Waals surface area contributed by atoms with Crippen LogP contribution in [-0.2, 0) is 11.3 Å². The highest BCUT2D eigenvalue weighted by atomic mass is 79.9. The Morgan fingerprint density at radius 2 is 2.16 bits per heavy atom. The number of benzene rings is 1. The topological polar surface area (TPSA) is 66.6 Å². The molecule has 2 rings (SSSR count). The van der Waals surface area contributed by atoms with E-state index in [1.807, 2.05) is 17.0 Å². The Bertz CT molecular complexity index is 494. The molecule has 1 aromatic rings. The predicted molar refractivity (Wildman–Crippen MR) is 81.9 cm³/mol. The van der Waals surface area contributed by atoms with Gasteiger partial charge in [0.15, 0.2) is 0 Å². The smallest absolute Gasteiger partial charge is 0.320 e. The first-order valence-corrected chi connectivity index (χ1v) is 7.78. The second-order valence-corrected chi connectivity index (χ2v) is 6.55. The number of carboxylic acid groups (broad SMARTS) is 1. The van der Waals surface area contributed by atoms with Crippen molar-refractivity contribution in [2.75, 3.05) is 12.3 Å². The van der Waals surface area contributed by atoms with Gasteiger partial charge in [-0.15, -0.1) is 0 Å². The summed E-state index contributed by atoms with van der Waals surface area (Å²) in [5, 5.41) is 9.27. The van der Waals surface area contributed by atoms with E-state index < -0.39 is 12.0 Å². The SMILES string of the molecule is Nc1c(Br)cc(Br)cc1CN1CCCCC1C(=O)O. The van der Waals surface area contributed by atoms with Gasteiger partial charge in [-0.1, -0.05) is 22.4 Å². The Labute approximate surface area is 129 Å². The van der Waals surface area contributed by atoms with Gasteiger partial charge < -0.3 is 10.8 Å². The third kappa shape index (κ3) is 3.49. The van der Waals surface area contributed by atoms with E-state index in [4.69, 9.17) is 5.73 Å². The van der Waals surface area contributed by atoms with Gasteiger partial charge >= 0.3 is 5.97 Å². The van der Waals surface area contributed by atoms with E-state index in [0.29, 0.717) is 18.7 Å². The van der Waals surface area contributed by atoms with Crippen molar-refractivity contribution in [3.63, 3.8) is 0 Å². The molecular formula is C13H16Br2N2O2. The van der Waals surface area contributed by atoms with Crippen LogP contribution in [0, 0.1) is 0 Å². The Morgan fingerprint density at radius 1 is 1.42 bits per heavy atom. The van der Waals surface area contributed by atoms with E-state index in [-0.39, 0.29) is 0 Å². The molecule has 0 radical (unpaired) electrons. The van der Waals surface area contributed by atoms with Crippen molar-refractivity contribution in [3.8, 4) is 0 Å². The number of hydrogen-bond acceptors (Lipinski definition) is 3. The van der Waals surface area contributed by atoms with Gasteiger partial charge in [-0.2, -0.15) is 0 Å². The van der Waals surface area contributed by atoms with Crippen LogP contribution in [0.2, 0.25) is 0 Å². The minimum absolute atomic E-state index is 0.397. The molecule has 1 aliphatic rings. The molecule has 4 nitrogen and oxygen atoms in total. The molecule has 1 heterocycles. The number of nitrogen functional groups attached to an aromatic ring is 1. The first-order chi connectivity index (χ1) is 8.99. The Hall–Kier alpha value is -0.590. The van der Waals surface area contributed by atoms with Gasteiger partial charge in [0.2, 0.25) is 0 Å². The summed E-state index contributed by atoms with van der Waals surface area (Å²) >= 11 is 6.85. The third-order valence-corrected chi connectivity index (χ3v) is 4.57. The molecule has 0 bridgehead atoms. The van der Waals surface area contributed by atoms with Crippen LogP contribution in [0.25, 0.3) is 0 Å². The quantitative estimate of drug-likeness (QED) is 0.776. The van der Waals surface area contributed by atoms with Crippen LogP contribution in [0.1, 0.15) is 24.8 Å². The van der Waals surface area contributed by atoms with E-state index in [1.165, 1.54) is 0 Å². The van der Waals surface area contributed by atoms with Gasteiger partial charge in [0, 0.05) is 15.5 Å². The van der Waals surface area contributed by atoms with Crippen molar-refractivity contribution in [1.29, 1.82) is 0 Å². The van der Waals surface area contributed by atoms with Crippen molar-refractivity contribution < 1.29 is 9.90 Å². The number of nitrogens with zero attached hydrogens (tertiary/aromatic N) is 1. The average molecular weight is 392 g/mol. The zero-order valence-corrected chi connectivity index (χ0v) is 13.6. The maximum absolute atomic E-state index is 11.3. The van der Waals surface area contributed by atoms with Gasteiger partial charge in [-0.3, -0.25) is 9.69 Å². The second kappa shape index (κ2) is 6.24. The molecule has 6 heteroatoms. The number of carbonyl (C=O) groups is 1. The predicted octanol–water partition coefficient (Wildman–Crippen LogP) is 3.23. The molecule has 0 aliphatic carbocycles. The third-order valence-electron chi connectivity index (χ3n) is 3.45. The molecule has 1 atom stereocenters. The van der Waals surface area contributed by atoms with Crippen molar-refractivity contribution in [3.05, 3.63) is 26.6 Å². The zero-order valence-electron chi connectivity index (χ0n) is 10.4.